The van der Waals surface area contributed by atoms with Crippen molar-refractivity contribution >= 4 is 17.2 Å². The molecule has 0 aromatic rings. The predicted octanol–water partition coefficient (Wildman–Crippen LogP) is 0.818. The van der Waals surface area contributed by atoms with Crippen LogP contribution in [-0.4, -0.2) is 16.2 Å². The molecule has 2 aliphatic heterocycles. The Kier molecular flexibility index (Phi) is 0.147. The van der Waals surface area contributed by atoms with Crippen LogP contribution in [0.5, 0.6) is 0 Å². The monoisotopic (exact) mass is 102 g/mol. The zero-order valence-corrected chi connectivity index (χ0v) is 4.65. The van der Waals surface area contributed by atoms with Crippen molar-refractivity contribution in [3.63, 3.8) is 0 Å². The molecule has 0 aromatic heterocycles. The van der Waals surface area contributed by atoms with E-state index in [0.717, 1.165) is 4.90 Å². The summed E-state index contributed by atoms with van der Waals surface area (Å²) in [4.78, 5) is 1.14. The molecule has 26 valence electrons. The standard InChI is InChI=1S/C3H4P2/c4-1-2-3(1,4)5-2/h1-2,4-5H. The van der Waals surface area contributed by atoms with Crippen molar-refractivity contribution < 1.29 is 0 Å². The summed E-state index contributed by atoms with van der Waals surface area (Å²) >= 11 is 0. The summed E-state index contributed by atoms with van der Waals surface area (Å²) in [5.41, 5.74) is 2.67. The fourth-order valence-corrected chi connectivity index (χ4v) is 5.98. The predicted molar refractivity (Wildman–Crippen MR) is 26.9 cm³/mol. The van der Waals surface area contributed by atoms with Crippen molar-refractivity contribution in [1.29, 1.82) is 0 Å². The lowest BCUT2D eigenvalue weighted by Gasteiger charge is -1.65. The number of hydrogen-bond acceptors (Lipinski definition) is 0. The van der Waals surface area contributed by atoms with Gasteiger partial charge in [0.25, 0.3) is 0 Å². The van der Waals surface area contributed by atoms with Crippen molar-refractivity contribution in [3.05, 3.63) is 0 Å². The Labute approximate surface area is 34.3 Å². The fraction of sp³-hybridized carbons (Fsp3) is 1.00. The molecule has 0 aromatic carbocycles. The Bertz CT molecular complexity index is 95.5. The first kappa shape index (κ1) is 2.24. The molecule has 0 N–H and O–H groups in total. The molecule has 4 atom stereocenters. The van der Waals surface area contributed by atoms with E-state index in [1.54, 1.807) is 0 Å². The highest BCUT2D eigenvalue weighted by atomic mass is 31.1. The lowest BCUT2D eigenvalue weighted by atomic mass is 11.0. The van der Waals surface area contributed by atoms with Gasteiger partial charge in [0.2, 0.25) is 0 Å². The van der Waals surface area contributed by atoms with Gasteiger partial charge < -0.3 is 0 Å². The minimum atomic E-state index is 1.14. The first-order valence-corrected chi connectivity index (χ1v) is 4.14. The third-order valence-electron chi connectivity index (χ3n) is 1.83. The van der Waals surface area contributed by atoms with Crippen molar-refractivity contribution in [2.45, 2.75) is 16.2 Å². The van der Waals surface area contributed by atoms with Gasteiger partial charge in [0.15, 0.2) is 0 Å². The molecule has 2 heterocycles. The zero-order chi connectivity index (χ0) is 3.07. The van der Waals surface area contributed by atoms with E-state index < -0.39 is 0 Å². The Morgan fingerprint density at radius 1 is 1.20 bits per heavy atom. The Morgan fingerprint density at radius 2 is 1.60 bits per heavy atom. The van der Waals surface area contributed by atoms with Crippen LogP contribution < -0.4 is 0 Å². The van der Waals surface area contributed by atoms with Gasteiger partial charge in [0, 0.05) is 4.90 Å². The molecule has 0 amide bonds. The maximum Gasteiger partial charge on any atom is 0.0198 e. The van der Waals surface area contributed by atoms with E-state index in [1.807, 2.05) is 0 Å². The molecule has 1 saturated carbocycles. The molecule has 5 heavy (non-hydrogen) atoms. The van der Waals surface area contributed by atoms with Crippen molar-refractivity contribution in [2.24, 2.45) is 0 Å². The summed E-state index contributed by atoms with van der Waals surface area (Å²) in [7, 11) is 2.89. The van der Waals surface area contributed by atoms with Gasteiger partial charge >= 0.3 is 0 Å². The minimum absolute atomic E-state index is 1.14. The lowest BCUT2D eigenvalue weighted by Crippen LogP contribution is -1.61. The molecule has 3 fully saturated rings. The van der Waals surface area contributed by atoms with E-state index in [-0.39, 0.29) is 0 Å². The lowest BCUT2D eigenvalue weighted by molar-refractivity contribution is 1.55. The molecule has 4 unspecified atom stereocenters. The van der Waals surface area contributed by atoms with Crippen LogP contribution in [0.1, 0.15) is 0 Å². The van der Waals surface area contributed by atoms with E-state index in [0.29, 0.717) is 0 Å². The third-order valence-corrected chi connectivity index (χ3v) is 7.38. The van der Waals surface area contributed by atoms with Crippen molar-refractivity contribution in [1.82, 2.24) is 0 Å². The SMILES string of the molecule is P1C2C3PC123. The second-order valence-corrected chi connectivity index (χ2v) is 6.09. The van der Waals surface area contributed by atoms with Gasteiger partial charge in [0.05, 0.1) is 0 Å². The first-order valence-electron chi connectivity index (χ1n) is 1.99. The van der Waals surface area contributed by atoms with Crippen molar-refractivity contribution in [3.8, 4) is 0 Å². The van der Waals surface area contributed by atoms with Crippen molar-refractivity contribution in [2.75, 3.05) is 0 Å². The van der Waals surface area contributed by atoms with Gasteiger partial charge in [-0.3, -0.25) is 0 Å². The highest BCUT2D eigenvalue weighted by molar-refractivity contribution is 7.84. The summed E-state index contributed by atoms with van der Waals surface area (Å²) in [5, 5.41) is 0. The summed E-state index contributed by atoms with van der Waals surface area (Å²) in [5.74, 6) is 0. The zero-order valence-electron chi connectivity index (χ0n) is 2.65. The average Bonchev–Trinajstić information content (AvgIpc) is 2.04. The molecular weight excluding hydrogens is 98.0 g/mol. The third kappa shape index (κ3) is 0.0914. The van der Waals surface area contributed by atoms with Crippen LogP contribution in [-0.2, 0) is 0 Å². The number of hydrogen-bond donors (Lipinski definition) is 0. The van der Waals surface area contributed by atoms with Gasteiger partial charge in [-0.1, -0.05) is 0 Å². The van der Waals surface area contributed by atoms with Gasteiger partial charge in [-0.25, -0.2) is 0 Å². The highest BCUT2D eigenvalue weighted by Gasteiger charge is 2.92. The molecular formula is C3H4P2. The topological polar surface area (TPSA) is 0 Å². The normalized spacial score (nSPS) is 101. The number of fused-ring (bicyclic) bond motifs is 1. The fourth-order valence-electron chi connectivity index (χ4n) is 1.01. The largest absolute Gasteiger partial charge is 0.105 e. The smallest absolute Gasteiger partial charge is 0.0198 e. The van der Waals surface area contributed by atoms with Crippen LogP contribution >= 0.6 is 17.2 Å². The van der Waals surface area contributed by atoms with E-state index in [9.17, 15) is 0 Å². The molecule has 1 aliphatic carbocycles. The summed E-state index contributed by atoms with van der Waals surface area (Å²) in [6, 6.07) is 0. The van der Waals surface area contributed by atoms with Crippen LogP contribution in [0, 0.1) is 0 Å². The Hall–Kier alpha value is 0.860. The van der Waals surface area contributed by atoms with E-state index in [1.165, 1.54) is 28.5 Å². The molecule has 2 saturated heterocycles. The molecule has 1 spiro atoms. The number of rotatable bonds is 0. The van der Waals surface area contributed by atoms with Crippen LogP contribution in [0.4, 0.5) is 0 Å². The van der Waals surface area contributed by atoms with E-state index in [4.69, 9.17) is 0 Å². The Balaban J connectivity index is 2.49. The van der Waals surface area contributed by atoms with E-state index >= 15 is 0 Å². The van der Waals surface area contributed by atoms with Crippen LogP contribution in [0.3, 0.4) is 0 Å². The second-order valence-electron chi connectivity index (χ2n) is 2.11. The van der Waals surface area contributed by atoms with E-state index in [2.05, 4.69) is 0 Å². The highest BCUT2D eigenvalue weighted by Crippen LogP contribution is 3.06. The average molecular weight is 102 g/mol. The molecule has 2 heteroatoms. The van der Waals surface area contributed by atoms with Crippen LogP contribution in [0.25, 0.3) is 0 Å². The summed E-state index contributed by atoms with van der Waals surface area (Å²) in [6.45, 7) is 0. The minimum Gasteiger partial charge on any atom is -0.105 e. The van der Waals surface area contributed by atoms with Gasteiger partial charge in [-0.05, 0) is 11.3 Å². The molecule has 3 rings (SSSR count). The Morgan fingerprint density at radius 3 is 1.60 bits per heavy atom. The molecule has 3 aliphatic rings. The summed E-state index contributed by atoms with van der Waals surface area (Å²) in [6.07, 6.45) is 0. The van der Waals surface area contributed by atoms with Crippen LogP contribution in [0.15, 0.2) is 0 Å². The molecule has 0 radical (unpaired) electrons. The summed E-state index contributed by atoms with van der Waals surface area (Å²) < 4.78 is 0. The molecule has 0 bridgehead atoms. The van der Waals surface area contributed by atoms with Gasteiger partial charge in [-0.2, -0.15) is 0 Å². The van der Waals surface area contributed by atoms with Crippen LogP contribution in [0.2, 0.25) is 0 Å². The molecule has 0 nitrogen and oxygen atoms in total. The quantitative estimate of drug-likeness (QED) is 0.397. The van der Waals surface area contributed by atoms with Gasteiger partial charge in [-0.15, -0.1) is 17.2 Å². The second kappa shape index (κ2) is 0.328. The van der Waals surface area contributed by atoms with Gasteiger partial charge in [0.1, 0.15) is 0 Å². The maximum absolute atomic E-state index is 1.44. The first-order chi connectivity index (χ1) is 2.43. The maximum atomic E-state index is 1.44.